The van der Waals surface area contributed by atoms with Gasteiger partial charge in [-0.15, -0.1) is 0 Å². The van der Waals surface area contributed by atoms with Gasteiger partial charge in [0, 0.05) is 18.2 Å². The number of aryl methyl sites for hydroxylation is 1. The van der Waals surface area contributed by atoms with E-state index in [2.05, 4.69) is 5.32 Å². The third kappa shape index (κ3) is 7.77. The Labute approximate surface area is 246 Å². The quantitative estimate of drug-likeness (QED) is 0.302. The van der Waals surface area contributed by atoms with E-state index in [4.69, 9.17) is 16.3 Å². The maximum absolute atomic E-state index is 14.7. The number of methoxy groups -OCH3 is 1. The first-order chi connectivity index (χ1) is 19.4. The van der Waals surface area contributed by atoms with Crippen LogP contribution in [0.2, 0.25) is 5.02 Å². The Morgan fingerprint density at radius 1 is 1.05 bits per heavy atom. The summed E-state index contributed by atoms with van der Waals surface area (Å²) in [5, 5.41) is 2.99. The number of sulfonamides is 1. The van der Waals surface area contributed by atoms with Gasteiger partial charge in [0.1, 0.15) is 24.2 Å². The smallest absolute Gasteiger partial charge is 0.264 e. The minimum absolute atomic E-state index is 0.0361. The minimum Gasteiger partial charge on any atom is -0.495 e. The first-order valence-electron chi connectivity index (χ1n) is 13.1. The summed E-state index contributed by atoms with van der Waals surface area (Å²) < 4.78 is 48.6. The molecule has 3 aromatic rings. The highest BCUT2D eigenvalue weighted by Gasteiger charge is 2.33. The summed E-state index contributed by atoms with van der Waals surface area (Å²) in [5.41, 5.74) is 1.16. The predicted octanol–water partition coefficient (Wildman–Crippen LogP) is 5.32. The second-order valence-corrected chi connectivity index (χ2v) is 12.0. The van der Waals surface area contributed by atoms with Crippen LogP contribution in [-0.4, -0.2) is 50.9 Å². The number of nitrogens with one attached hydrogen (secondary N) is 1. The number of hydrogen-bond acceptors (Lipinski definition) is 5. The molecule has 0 aliphatic carbocycles. The number of benzene rings is 3. The Kier molecular flexibility index (Phi) is 10.8. The van der Waals surface area contributed by atoms with Crippen molar-refractivity contribution in [2.24, 2.45) is 0 Å². The standard InChI is InChI=1S/C30H35ClFN3O5S/c1-6-21(3)33-30(37)22(4)34(18-23-9-7-8-10-27(23)32)29(36)19-35(24-13-16-28(40-5)26(31)17-24)41(38,39)25-14-11-20(2)12-15-25/h7-17,21-22H,6,18-19H2,1-5H3,(H,33,37)/t21-,22-/m1/s1. The summed E-state index contributed by atoms with van der Waals surface area (Å²) in [4.78, 5) is 28.2. The molecule has 2 amide bonds. The number of hydrogen-bond donors (Lipinski definition) is 1. The molecule has 1 N–H and O–H groups in total. The molecule has 0 fully saturated rings. The maximum atomic E-state index is 14.7. The summed E-state index contributed by atoms with van der Waals surface area (Å²) in [6.45, 7) is 6.17. The van der Waals surface area contributed by atoms with Gasteiger partial charge in [0.15, 0.2) is 0 Å². The van der Waals surface area contributed by atoms with Crippen LogP contribution < -0.4 is 14.4 Å². The number of carbonyl (C=O) groups is 2. The molecule has 11 heteroatoms. The van der Waals surface area contributed by atoms with Crippen molar-refractivity contribution in [3.05, 3.63) is 88.7 Å². The third-order valence-electron chi connectivity index (χ3n) is 6.78. The molecular weight excluding hydrogens is 569 g/mol. The molecule has 2 atom stereocenters. The van der Waals surface area contributed by atoms with E-state index in [1.54, 1.807) is 18.2 Å². The van der Waals surface area contributed by atoms with E-state index in [1.165, 1.54) is 67.5 Å². The largest absolute Gasteiger partial charge is 0.495 e. The van der Waals surface area contributed by atoms with Crippen molar-refractivity contribution >= 4 is 39.1 Å². The van der Waals surface area contributed by atoms with Gasteiger partial charge in [-0.1, -0.05) is 54.4 Å². The van der Waals surface area contributed by atoms with Gasteiger partial charge >= 0.3 is 0 Å². The fourth-order valence-corrected chi connectivity index (χ4v) is 5.69. The summed E-state index contributed by atoms with van der Waals surface area (Å²) in [6, 6.07) is 15.3. The van der Waals surface area contributed by atoms with Crippen molar-refractivity contribution in [3.63, 3.8) is 0 Å². The van der Waals surface area contributed by atoms with E-state index in [0.717, 1.165) is 9.87 Å². The lowest BCUT2D eigenvalue weighted by molar-refractivity contribution is -0.139. The Hall–Kier alpha value is -3.63. The number of amides is 2. The van der Waals surface area contributed by atoms with E-state index in [9.17, 15) is 22.4 Å². The van der Waals surface area contributed by atoms with Crippen LogP contribution in [0, 0.1) is 12.7 Å². The Balaban J connectivity index is 2.07. The van der Waals surface area contributed by atoms with Gasteiger partial charge in [-0.2, -0.15) is 0 Å². The normalized spacial score (nSPS) is 12.8. The third-order valence-corrected chi connectivity index (χ3v) is 8.86. The van der Waals surface area contributed by atoms with Crippen LogP contribution in [0.1, 0.15) is 38.3 Å². The SMILES string of the molecule is CC[C@@H](C)NC(=O)[C@@H](C)N(Cc1ccccc1F)C(=O)CN(c1ccc(OC)c(Cl)c1)S(=O)(=O)c1ccc(C)cc1. The van der Waals surface area contributed by atoms with Crippen LogP contribution in [0.25, 0.3) is 0 Å². The Morgan fingerprint density at radius 2 is 1.71 bits per heavy atom. The molecule has 41 heavy (non-hydrogen) atoms. The minimum atomic E-state index is -4.27. The number of anilines is 1. The van der Waals surface area contributed by atoms with Crippen LogP contribution >= 0.6 is 11.6 Å². The Morgan fingerprint density at radius 3 is 2.29 bits per heavy atom. The fraction of sp³-hybridized carbons (Fsp3) is 0.333. The van der Waals surface area contributed by atoms with Gasteiger partial charge in [0.25, 0.3) is 10.0 Å². The van der Waals surface area contributed by atoms with E-state index < -0.39 is 40.2 Å². The number of ether oxygens (including phenoxy) is 1. The molecule has 0 aliphatic rings. The first kappa shape index (κ1) is 31.9. The topological polar surface area (TPSA) is 96.0 Å². The molecule has 0 saturated heterocycles. The monoisotopic (exact) mass is 603 g/mol. The highest BCUT2D eigenvalue weighted by atomic mass is 35.5. The molecule has 0 radical (unpaired) electrons. The molecule has 0 aliphatic heterocycles. The van der Waals surface area contributed by atoms with Crippen LogP contribution in [0.3, 0.4) is 0 Å². The zero-order chi connectivity index (χ0) is 30.3. The molecule has 0 spiro atoms. The molecule has 8 nitrogen and oxygen atoms in total. The average molecular weight is 604 g/mol. The molecule has 220 valence electrons. The van der Waals surface area contributed by atoms with Crippen LogP contribution in [0.15, 0.2) is 71.6 Å². The van der Waals surface area contributed by atoms with E-state index in [1.807, 2.05) is 20.8 Å². The highest BCUT2D eigenvalue weighted by molar-refractivity contribution is 7.92. The highest BCUT2D eigenvalue weighted by Crippen LogP contribution is 2.32. The second kappa shape index (κ2) is 13.8. The van der Waals surface area contributed by atoms with E-state index in [-0.39, 0.29) is 33.8 Å². The second-order valence-electron chi connectivity index (χ2n) is 9.75. The number of nitrogens with zero attached hydrogens (tertiary/aromatic N) is 2. The number of rotatable bonds is 12. The zero-order valence-corrected chi connectivity index (χ0v) is 25.3. The Bertz CT molecular complexity index is 1480. The fourth-order valence-electron chi connectivity index (χ4n) is 4.03. The molecular formula is C30H35ClFN3O5S. The first-order valence-corrected chi connectivity index (χ1v) is 15.0. The number of carbonyl (C=O) groups excluding carboxylic acids is 2. The van der Waals surface area contributed by atoms with Crippen molar-refractivity contribution in [2.45, 2.75) is 57.6 Å². The van der Waals surface area contributed by atoms with Gasteiger partial charge in [0.2, 0.25) is 11.8 Å². The van der Waals surface area contributed by atoms with Crippen molar-refractivity contribution in [3.8, 4) is 5.75 Å². The summed E-state index contributed by atoms with van der Waals surface area (Å²) in [5.74, 6) is -1.37. The molecule has 0 heterocycles. The van der Waals surface area contributed by atoms with Crippen molar-refractivity contribution in [1.29, 1.82) is 0 Å². The lowest BCUT2D eigenvalue weighted by atomic mass is 10.1. The molecule has 0 unspecified atom stereocenters. The molecule has 0 aromatic heterocycles. The predicted molar refractivity (Wildman–Crippen MR) is 158 cm³/mol. The summed E-state index contributed by atoms with van der Waals surface area (Å²) >= 11 is 6.33. The van der Waals surface area contributed by atoms with Crippen LogP contribution in [0.4, 0.5) is 10.1 Å². The molecule has 3 rings (SSSR count). The molecule has 0 saturated carbocycles. The van der Waals surface area contributed by atoms with Crippen LogP contribution in [0.5, 0.6) is 5.75 Å². The van der Waals surface area contributed by atoms with E-state index >= 15 is 0 Å². The van der Waals surface area contributed by atoms with Crippen molar-refractivity contribution in [2.75, 3.05) is 18.0 Å². The van der Waals surface area contributed by atoms with Gasteiger partial charge in [-0.05, 0) is 63.6 Å². The van der Waals surface area contributed by atoms with Gasteiger partial charge in [0.05, 0.1) is 22.7 Å². The van der Waals surface area contributed by atoms with Crippen molar-refractivity contribution < 1.29 is 27.1 Å². The van der Waals surface area contributed by atoms with Gasteiger partial charge < -0.3 is 15.0 Å². The lowest BCUT2D eigenvalue weighted by Gasteiger charge is -2.32. The summed E-state index contributed by atoms with van der Waals surface area (Å²) in [6.07, 6.45) is 0.667. The summed E-state index contributed by atoms with van der Waals surface area (Å²) in [7, 11) is -2.85. The molecule has 0 bridgehead atoms. The van der Waals surface area contributed by atoms with Gasteiger partial charge in [-0.25, -0.2) is 12.8 Å². The average Bonchev–Trinajstić information content (AvgIpc) is 2.95. The van der Waals surface area contributed by atoms with Crippen molar-refractivity contribution in [1.82, 2.24) is 10.2 Å². The van der Waals surface area contributed by atoms with E-state index in [0.29, 0.717) is 12.2 Å². The van der Waals surface area contributed by atoms with Gasteiger partial charge in [-0.3, -0.25) is 13.9 Å². The van der Waals surface area contributed by atoms with Crippen LogP contribution in [-0.2, 0) is 26.2 Å². The maximum Gasteiger partial charge on any atom is 0.264 e. The number of halogens is 2. The molecule has 3 aromatic carbocycles. The zero-order valence-electron chi connectivity index (χ0n) is 23.7. The lowest BCUT2D eigenvalue weighted by Crippen LogP contribution is -2.52.